The minimum absolute atomic E-state index is 0.699. The number of thiazole rings is 2. The molecule has 0 unspecified atom stereocenters. The average Bonchev–Trinajstić information content (AvgIpc) is 3.25. The number of nitrogens with zero attached hydrogens (tertiary/aromatic N) is 5. The molecule has 0 spiro atoms. The first-order chi connectivity index (χ1) is 13.0. The van der Waals surface area contributed by atoms with Crippen LogP contribution in [-0.2, 0) is 13.1 Å². The molecule has 2 aromatic heterocycles. The molecule has 0 radical (unpaired) electrons. The summed E-state index contributed by atoms with van der Waals surface area (Å²) in [6, 6.07) is 0. The summed E-state index contributed by atoms with van der Waals surface area (Å²) in [5.74, 6) is 1.64. The Morgan fingerprint density at radius 3 is 2.37 bits per heavy atom. The fraction of sp³-hybridized carbons (Fsp3) is 0.632. The van der Waals surface area contributed by atoms with Gasteiger partial charge in [0.15, 0.2) is 5.96 Å². The van der Waals surface area contributed by atoms with E-state index in [1.165, 1.54) is 18.5 Å². The first-order valence-corrected chi connectivity index (χ1v) is 11.3. The SMILES string of the molecule is CN=C(NCC1CCN(Cc2csc(C)n2)CC1)N(C)Cc1csc(C)n1. The molecule has 1 N–H and O–H groups in total. The van der Waals surface area contributed by atoms with Gasteiger partial charge in [-0.1, -0.05) is 0 Å². The van der Waals surface area contributed by atoms with Crippen LogP contribution < -0.4 is 5.32 Å². The van der Waals surface area contributed by atoms with E-state index in [0.29, 0.717) is 5.92 Å². The fourth-order valence-electron chi connectivity index (χ4n) is 3.48. The monoisotopic (exact) mass is 406 g/mol. The number of aromatic nitrogens is 2. The van der Waals surface area contributed by atoms with Crippen molar-refractivity contribution in [3.63, 3.8) is 0 Å². The van der Waals surface area contributed by atoms with E-state index < -0.39 is 0 Å². The van der Waals surface area contributed by atoms with Crippen LogP contribution in [0.1, 0.15) is 34.2 Å². The molecule has 0 aromatic carbocycles. The zero-order valence-corrected chi connectivity index (χ0v) is 18.4. The lowest BCUT2D eigenvalue weighted by molar-refractivity contribution is 0.176. The molecule has 3 heterocycles. The Morgan fingerprint density at radius 1 is 1.19 bits per heavy atom. The number of rotatable bonds is 6. The molecular formula is C19H30N6S2. The number of nitrogens with one attached hydrogen (secondary N) is 1. The van der Waals surface area contributed by atoms with Gasteiger partial charge in [0.2, 0.25) is 0 Å². The number of aryl methyl sites for hydroxylation is 2. The molecular weight excluding hydrogens is 376 g/mol. The quantitative estimate of drug-likeness (QED) is 0.590. The van der Waals surface area contributed by atoms with E-state index in [1.807, 2.05) is 14.0 Å². The van der Waals surface area contributed by atoms with Crippen molar-refractivity contribution >= 4 is 28.6 Å². The lowest BCUT2D eigenvalue weighted by Crippen LogP contribution is -2.43. The van der Waals surface area contributed by atoms with Crippen LogP contribution in [0.3, 0.4) is 0 Å². The maximum Gasteiger partial charge on any atom is 0.193 e. The van der Waals surface area contributed by atoms with Crippen molar-refractivity contribution in [3.8, 4) is 0 Å². The summed E-state index contributed by atoms with van der Waals surface area (Å²) in [5, 5.41) is 10.1. The lowest BCUT2D eigenvalue weighted by Gasteiger charge is -2.32. The van der Waals surface area contributed by atoms with Gasteiger partial charge in [0, 0.05) is 37.9 Å². The second-order valence-corrected chi connectivity index (χ2v) is 9.34. The normalized spacial score (nSPS) is 16.7. The highest BCUT2D eigenvalue weighted by molar-refractivity contribution is 7.09. The largest absolute Gasteiger partial charge is 0.356 e. The summed E-state index contributed by atoms with van der Waals surface area (Å²) in [6.45, 7) is 9.17. The highest BCUT2D eigenvalue weighted by Gasteiger charge is 2.20. The molecule has 1 aliphatic heterocycles. The van der Waals surface area contributed by atoms with Gasteiger partial charge in [0.05, 0.1) is 27.9 Å². The van der Waals surface area contributed by atoms with Crippen molar-refractivity contribution in [2.75, 3.05) is 33.7 Å². The van der Waals surface area contributed by atoms with E-state index in [0.717, 1.165) is 54.4 Å². The van der Waals surface area contributed by atoms with E-state index in [4.69, 9.17) is 0 Å². The van der Waals surface area contributed by atoms with Crippen LogP contribution in [0.4, 0.5) is 0 Å². The molecule has 1 fully saturated rings. The summed E-state index contributed by atoms with van der Waals surface area (Å²) in [6.07, 6.45) is 2.45. The maximum atomic E-state index is 4.59. The predicted molar refractivity (Wildman–Crippen MR) is 115 cm³/mol. The van der Waals surface area contributed by atoms with Crippen molar-refractivity contribution < 1.29 is 0 Å². The number of aliphatic imine (C=N–C) groups is 1. The molecule has 0 aliphatic carbocycles. The van der Waals surface area contributed by atoms with Gasteiger partial charge in [-0.05, 0) is 45.7 Å². The van der Waals surface area contributed by atoms with Gasteiger partial charge in [-0.15, -0.1) is 22.7 Å². The highest BCUT2D eigenvalue weighted by Crippen LogP contribution is 2.19. The van der Waals surface area contributed by atoms with Crippen molar-refractivity contribution in [1.29, 1.82) is 0 Å². The first kappa shape index (κ1) is 20.2. The summed E-state index contributed by atoms with van der Waals surface area (Å²) in [7, 11) is 3.92. The number of guanidine groups is 1. The first-order valence-electron chi connectivity index (χ1n) is 9.49. The predicted octanol–water partition coefficient (Wildman–Crippen LogP) is 3.14. The highest BCUT2D eigenvalue weighted by atomic mass is 32.1. The van der Waals surface area contributed by atoms with Gasteiger partial charge in [-0.3, -0.25) is 9.89 Å². The van der Waals surface area contributed by atoms with E-state index in [9.17, 15) is 0 Å². The smallest absolute Gasteiger partial charge is 0.193 e. The lowest BCUT2D eigenvalue weighted by atomic mass is 9.97. The Hall–Kier alpha value is -1.51. The Morgan fingerprint density at radius 2 is 1.81 bits per heavy atom. The zero-order valence-electron chi connectivity index (χ0n) is 16.7. The third kappa shape index (κ3) is 5.99. The van der Waals surface area contributed by atoms with Gasteiger partial charge < -0.3 is 10.2 Å². The molecule has 0 atom stereocenters. The van der Waals surface area contributed by atoms with Crippen LogP contribution in [0.15, 0.2) is 15.8 Å². The number of likely N-dealkylation sites (tertiary alicyclic amines) is 1. The Kier molecular flexibility index (Phi) is 7.20. The van der Waals surface area contributed by atoms with Gasteiger partial charge >= 0.3 is 0 Å². The molecule has 1 aliphatic rings. The molecule has 0 saturated carbocycles. The van der Waals surface area contributed by atoms with Crippen LogP contribution in [0.5, 0.6) is 0 Å². The van der Waals surface area contributed by atoms with Crippen molar-refractivity contribution in [1.82, 2.24) is 25.1 Å². The van der Waals surface area contributed by atoms with Crippen LogP contribution >= 0.6 is 22.7 Å². The molecule has 27 heavy (non-hydrogen) atoms. The van der Waals surface area contributed by atoms with E-state index in [2.05, 4.69) is 54.8 Å². The van der Waals surface area contributed by atoms with Gasteiger partial charge in [0.1, 0.15) is 0 Å². The Bertz CT molecular complexity index is 745. The summed E-state index contributed by atoms with van der Waals surface area (Å²) in [4.78, 5) is 18.2. The minimum Gasteiger partial charge on any atom is -0.356 e. The molecule has 6 nitrogen and oxygen atoms in total. The van der Waals surface area contributed by atoms with Gasteiger partial charge in [0.25, 0.3) is 0 Å². The molecule has 0 amide bonds. The number of hydrogen-bond donors (Lipinski definition) is 1. The molecule has 3 rings (SSSR count). The van der Waals surface area contributed by atoms with Crippen LogP contribution in [-0.4, -0.2) is 59.5 Å². The van der Waals surface area contributed by atoms with E-state index in [-0.39, 0.29) is 0 Å². The van der Waals surface area contributed by atoms with E-state index >= 15 is 0 Å². The third-order valence-corrected chi connectivity index (χ3v) is 6.59. The minimum atomic E-state index is 0.699. The summed E-state index contributed by atoms with van der Waals surface area (Å²) >= 11 is 3.44. The molecule has 2 aromatic rings. The van der Waals surface area contributed by atoms with Crippen LogP contribution in [0.25, 0.3) is 0 Å². The van der Waals surface area contributed by atoms with Crippen molar-refractivity contribution in [2.24, 2.45) is 10.9 Å². The molecule has 0 bridgehead atoms. The standard InChI is InChI=1S/C19H30N6S2/c1-14-22-17(12-26-14)10-24(4)19(20-3)21-9-16-5-7-25(8-6-16)11-18-13-27-15(2)23-18/h12-13,16H,5-11H2,1-4H3,(H,20,21). The van der Waals surface area contributed by atoms with Crippen LogP contribution in [0.2, 0.25) is 0 Å². The molecule has 148 valence electrons. The third-order valence-electron chi connectivity index (χ3n) is 4.95. The Labute approximate surface area is 170 Å². The molecule has 1 saturated heterocycles. The van der Waals surface area contributed by atoms with Crippen molar-refractivity contribution in [3.05, 3.63) is 32.2 Å². The fourth-order valence-corrected chi connectivity index (χ4v) is 4.69. The zero-order chi connectivity index (χ0) is 19.2. The van der Waals surface area contributed by atoms with Crippen molar-refractivity contribution in [2.45, 2.75) is 39.8 Å². The van der Waals surface area contributed by atoms with E-state index in [1.54, 1.807) is 22.7 Å². The maximum absolute atomic E-state index is 4.59. The van der Waals surface area contributed by atoms with Gasteiger partial charge in [-0.2, -0.15) is 0 Å². The second-order valence-electron chi connectivity index (χ2n) is 7.22. The number of hydrogen-bond acceptors (Lipinski definition) is 6. The summed E-state index contributed by atoms with van der Waals surface area (Å²) in [5.41, 5.74) is 2.32. The average molecular weight is 407 g/mol. The second kappa shape index (κ2) is 9.61. The van der Waals surface area contributed by atoms with Crippen LogP contribution in [0, 0.1) is 19.8 Å². The Balaban J connectivity index is 1.40. The summed E-state index contributed by atoms with van der Waals surface area (Å²) < 4.78 is 0. The van der Waals surface area contributed by atoms with Gasteiger partial charge in [-0.25, -0.2) is 9.97 Å². The topological polar surface area (TPSA) is 56.7 Å². The molecule has 8 heteroatoms. The number of piperidine rings is 1.